The minimum Gasteiger partial charge on any atom is -0.426 e. The van der Waals surface area contributed by atoms with Gasteiger partial charge in [-0.25, -0.2) is 0 Å². The Morgan fingerprint density at radius 3 is 2.80 bits per heavy atom. The summed E-state index contributed by atoms with van der Waals surface area (Å²) >= 11 is 0. The maximum absolute atomic E-state index is 12.1. The molecule has 1 aliphatic rings. The first-order valence-electron chi connectivity index (χ1n) is 6.74. The van der Waals surface area contributed by atoms with Crippen molar-refractivity contribution < 1.29 is 9.53 Å². The Hall–Kier alpha value is -2.36. The average Bonchev–Trinajstić information content (AvgIpc) is 2.99. The van der Waals surface area contributed by atoms with E-state index in [0.29, 0.717) is 12.3 Å². The molecule has 3 rings (SSSR count). The van der Waals surface area contributed by atoms with Gasteiger partial charge in [-0.2, -0.15) is 0 Å². The van der Waals surface area contributed by atoms with Crippen molar-refractivity contribution >= 4 is 11.7 Å². The third-order valence-electron chi connectivity index (χ3n) is 3.49. The second kappa shape index (κ2) is 5.74. The summed E-state index contributed by atoms with van der Waals surface area (Å²) in [5, 5.41) is 0. The summed E-state index contributed by atoms with van der Waals surface area (Å²) in [5.74, 6) is 0.385. The number of anilines is 1. The van der Waals surface area contributed by atoms with Gasteiger partial charge in [0.1, 0.15) is 5.75 Å². The monoisotopic (exact) mass is 268 g/mol. The maximum Gasteiger partial charge on any atom is 0.316 e. The van der Waals surface area contributed by atoms with Crippen molar-refractivity contribution in [2.24, 2.45) is 5.92 Å². The molecule has 0 bridgehead atoms. The topological polar surface area (TPSA) is 42.4 Å². The third-order valence-corrected chi connectivity index (χ3v) is 3.49. The molecular weight excluding hydrogens is 252 g/mol. The van der Waals surface area contributed by atoms with Crippen LogP contribution in [0.1, 0.15) is 6.42 Å². The largest absolute Gasteiger partial charge is 0.426 e. The van der Waals surface area contributed by atoms with Gasteiger partial charge in [0, 0.05) is 19.3 Å². The van der Waals surface area contributed by atoms with Crippen LogP contribution in [-0.4, -0.2) is 24.0 Å². The highest BCUT2D eigenvalue weighted by Gasteiger charge is 2.30. The summed E-state index contributed by atoms with van der Waals surface area (Å²) in [5.41, 5.74) is 1.06. The van der Waals surface area contributed by atoms with E-state index in [1.54, 1.807) is 18.3 Å². The van der Waals surface area contributed by atoms with Crippen LogP contribution in [0.15, 0.2) is 54.9 Å². The van der Waals surface area contributed by atoms with Gasteiger partial charge in [-0.15, -0.1) is 0 Å². The zero-order valence-corrected chi connectivity index (χ0v) is 11.1. The van der Waals surface area contributed by atoms with Gasteiger partial charge in [0.25, 0.3) is 0 Å². The highest BCUT2D eigenvalue weighted by atomic mass is 16.5. The van der Waals surface area contributed by atoms with Crippen molar-refractivity contribution in [3.05, 3.63) is 54.9 Å². The van der Waals surface area contributed by atoms with E-state index in [0.717, 1.165) is 18.7 Å². The van der Waals surface area contributed by atoms with Crippen molar-refractivity contribution in [2.75, 3.05) is 18.0 Å². The number of carbonyl (C=O) groups excluding carboxylic acids is 1. The third kappa shape index (κ3) is 2.79. The molecule has 4 nitrogen and oxygen atoms in total. The lowest BCUT2D eigenvalue weighted by molar-refractivity contribution is -0.138. The lowest BCUT2D eigenvalue weighted by atomic mass is 10.1. The SMILES string of the molecule is O=C(Oc1ccccc1)C1CCN(c2cccnc2)C1. The molecule has 1 unspecified atom stereocenters. The van der Waals surface area contributed by atoms with E-state index < -0.39 is 0 Å². The molecule has 0 amide bonds. The molecule has 102 valence electrons. The lowest BCUT2D eigenvalue weighted by Crippen LogP contribution is -2.25. The average molecular weight is 268 g/mol. The Morgan fingerprint density at radius 1 is 1.20 bits per heavy atom. The fourth-order valence-electron chi connectivity index (χ4n) is 2.42. The Labute approximate surface area is 118 Å². The summed E-state index contributed by atoms with van der Waals surface area (Å²) < 4.78 is 5.40. The standard InChI is InChI=1S/C16H16N2O2/c19-16(20-15-6-2-1-3-7-15)13-8-10-18(12-13)14-5-4-9-17-11-14/h1-7,9,11,13H,8,10,12H2. The second-order valence-electron chi connectivity index (χ2n) is 4.88. The van der Waals surface area contributed by atoms with Crippen LogP contribution < -0.4 is 9.64 Å². The molecule has 1 aromatic heterocycles. The van der Waals surface area contributed by atoms with E-state index in [1.165, 1.54) is 0 Å². The van der Waals surface area contributed by atoms with E-state index in [2.05, 4.69) is 9.88 Å². The smallest absolute Gasteiger partial charge is 0.316 e. The number of para-hydroxylation sites is 1. The van der Waals surface area contributed by atoms with Crippen LogP contribution in [0.25, 0.3) is 0 Å². The van der Waals surface area contributed by atoms with Gasteiger partial charge in [0.05, 0.1) is 17.8 Å². The Morgan fingerprint density at radius 2 is 2.05 bits per heavy atom. The predicted octanol–water partition coefficient (Wildman–Crippen LogP) is 2.51. The molecule has 2 heterocycles. The molecule has 0 radical (unpaired) electrons. The van der Waals surface area contributed by atoms with E-state index in [4.69, 9.17) is 4.74 Å². The zero-order chi connectivity index (χ0) is 13.8. The fourth-order valence-corrected chi connectivity index (χ4v) is 2.42. The van der Waals surface area contributed by atoms with Gasteiger partial charge < -0.3 is 9.64 Å². The number of carbonyl (C=O) groups is 1. The van der Waals surface area contributed by atoms with Gasteiger partial charge in [-0.1, -0.05) is 18.2 Å². The van der Waals surface area contributed by atoms with Gasteiger partial charge >= 0.3 is 5.97 Å². The number of pyridine rings is 1. The van der Waals surface area contributed by atoms with Crippen LogP contribution in [0.2, 0.25) is 0 Å². The van der Waals surface area contributed by atoms with Crippen molar-refractivity contribution in [2.45, 2.75) is 6.42 Å². The molecule has 0 aliphatic carbocycles. The van der Waals surface area contributed by atoms with Gasteiger partial charge in [-0.3, -0.25) is 9.78 Å². The van der Waals surface area contributed by atoms with Gasteiger partial charge in [0.2, 0.25) is 0 Å². The maximum atomic E-state index is 12.1. The van der Waals surface area contributed by atoms with Crippen molar-refractivity contribution in [1.29, 1.82) is 0 Å². The number of rotatable bonds is 3. The first kappa shape index (κ1) is 12.7. The molecule has 0 N–H and O–H groups in total. The Kier molecular flexibility index (Phi) is 3.63. The fraction of sp³-hybridized carbons (Fsp3) is 0.250. The predicted molar refractivity (Wildman–Crippen MR) is 76.6 cm³/mol. The van der Waals surface area contributed by atoms with Crippen LogP contribution in [0.4, 0.5) is 5.69 Å². The van der Waals surface area contributed by atoms with Gasteiger partial charge in [0.15, 0.2) is 0 Å². The number of nitrogens with zero attached hydrogens (tertiary/aromatic N) is 2. The highest BCUT2D eigenvalue weighted by Crippen LogP contribution is 2.24. The van der Waals surface area contributed by atoms with Crippen LogP contribution in [0.5, 0.6) is 5.75 Å². The first-order chi connectivity index (χ1) is 9.83. The van der Waals surface area contributed by atoms with E-state index >= 15 is 0 Å². The van der Waals surface area contributed by atoms with Crippen molar-refractivity contribution in [3.63, 3.8) is 0 Å². The molecule has 1 fully saturated rings. The van der Waals surface area contributed by atoms with E-state index in [-0.39, 0.29) is 11.9 Å². The summed E-state index contributed by atoms with van der Waals surface area (Å²) in [4.78, 5) is 18.4. The quantitative estimate of drug-likeness (QED) is 0.633. The van der Waals surface area contributed by atoms with Gasteiger partial charge in [-0.05, 0) is 30.7 Å². The second-order valence-corrected chi connectivity index (χ2v) is 4.88. The lowest BCUT2D eigenvalue weighted by Gasteiger charge is -2.17. The molecule has 20 heavy (non-hydrogen) atoms. The number of benzene rings is 1. The number of ether oxygens (including phenoxy) is 1. The normalized spacial score (nSPS) is 18.0. The molecule has 1 aromatic carbocycles. The molecule has 1 atom stereocenters. The molecule has 4 heteroatoms. The van der Waals surface area contributed by atoms with Crippen molar-refractivity contribution in [3.8, 4) is 5.75 Å². The van der Waals surface area contributed by atoms with Crippen LogP contribution in [0.3, 0.4) is 0 Å². The summed E-state index contributed by atoms with van der Waals surface area (Å²) in [6.45, 7) is 1.55. The first-order valence-corrected chi connectivity index (χ1v) is 6.74. The number of hydrogen-bond acceptors (Lipinski definition) is 4. The van der Waals surface area contributed by atoms with Crippen molar-refractivity contribution in [1.82, 2.24) is 4.98 Å². The van der Waals surface area contributed by atoms with Crippen LogP contribution >= 0.6 is 0 Å². The highest BCUT2D eigenvalue weighted by molar-refractivity contribution is 5.76. The summed E-state index contributed by atoms with van der Waals surface area (Å²) in [6, 6.07) is 13.1. The molecule has 1 saturated heterocycles. The van der Waals surface area contributed by atoms with Crippen LogP contribution in [-0.2, 0) is 4.79 Å². The molecule has 2 aromatic rings. The molecular formula is C16H16N2O2. The number of hydrogen-bond donors (Lipinski definition) is 0. The summed E-state index contributed by atoms with van der Waals surface area (Å²) in [7, 11) is 0. The minimum atomic E-state index is -0.150. The number of aromatic nitrogens is 1. The molecule has 1 aliphatic heterocycles. The molecule has 0 saturated carbocycles. The van der Waals surface area contributed by atoms with E-state index in [1.807, 2.05) is 36.5 Å². The Bertz CT molecular complexity index is 572. The molecule has 0 spiro atoms. The van der Waals surface area contributed by atoms with Crippen LogP contribution in [0, 0.1) is 5.92 Å². The summed E-state index contributed by atoms with van der Waals surface area (Å²) in [6.07, 6.45) is 4.40. The zero-order valence-electron chi connectivity index (χ0n) is 11.1. The van der Waals surface area contributed by atoms with E-state index in [9.17, 15) is 4.79 Å². The minimum absolute atomic E-state index is 0.0737. The number of esters is 1. The Balaban J connectivity index is 1.61.